The van der Waals surface area contributed by atoms with Crippen LogP contribution in [0.4, 0.5) is 20.6 Å². The molecule has 158 valence electrons. The SMILES string of the molecule is O=C(CC[C@H]1CN(c2ccc(N3CCOCC3)c(F)c2)C(=O)O1)c1cccc(Br)n1. The maximum Gasteiger partial charge on any atom is 0.414 e. The van der Waals surface area contributed by atoms with Crippen molar-refractivity contribution in [1.29, 1.82) is 0 Å². The number of pyridine rings is 1. The molecule has 0 spiro atoms. The summed E-state index contributed by atoms with van der Waals surface area (Å²) in [6.07, 6.45) is -0.384. The van der Waals surface area contributed by atoms with E-state index in [0.29, 0.717) is 54.4 Å². The second-order valence-electron chi connectivity index (χ2n) is 7.16. The molecule has 0 saturated carbocycles. The van der Waals surface area contributed by atoms with Gasteiger partial charge in [-0.15, -0.1) is 0 Å². The molecule has 0 unspecified atom stereocenters. The highest BCUT2D eigenvalue weighted by molar-refractivity contribution is 9.10. The maximum atomic E-state index is 14.7. The summed E-state index contributed by atoms with van der Waals surface area (Å²) < 4.78 is 25.9. The molecule has 0 aliphatic carbocycles. The number of morpholine rings is 1. The maximum absolute atomic E-state index is 14.7. The van der Waals surface area contributed by atoms with Crippen molar-refractivity contribution in [2.24, 2.45) is 0 Å². The molecular formula is C21H21BrFN3O4. The number of hydrogen-bond donors (Lipinski definition) is 0. The van der Waals surface area contributed by atoms with Crippen molar-refractivity contribution in [2.75, 3.05) is 42.6 Å². The molecule has 1 atom stereocenters. The Kier molecular flexibility index (Phi) is 6.29. The monoisotopic (exact) mass is 477 g/mol. The van der Waals surface area contributed by atoms with Crippen LogP contribution in [0.1, 0.15) is 23.3 Å². The van der Waals surface area contributed by atoms with E-state index in [1.54, 1.807) is 30.3 Å². The van der Waals surface area contributed by atoms with Crippen LogP contribution in [0.5, 0.6) is 0 Å². The van der Waals surface area contributed by atoms with E-state index in [0.717, 1.165) is 0 Å². The van der Waals surface area contributed by atoms with Gasteiger partial charge in [-0.3, -0.25) is 9.69 Å². The van der Waals surface area contributed by atoms with Crippen LogP contribution in [0.3, 0.4) is 0 Å². The van der Waals surface area contributed by atoms with E-state index in [1.807, 2.05) is 4.90 Å². The van der Waals surface area contributed by atoms with Crippen molar-refractivity contribution in [1.82, 2.24) is 4.98 Å². The number of aromatic nitrogens is 1. The minimum atomic E-state index is -0.536. The number of ketones is 1. The number of amides is 1. The zero-order valence-corrected chi connectivity index (χ0v) is 17.8. The number of carbonyl (C=O) groups excluding carboxylic acids is 2. The van der Waals surface area contributed by atoms with Crippen molar-refractivity contribution >= 4 is 39.2 Å². The summed E-state index contributed by atoms with van der Waals surface area (Å²) in [7, 11) is 0. The van der Waals surface area contributed by atoms with Gasteiger partial charge in [0.25, 0.3) is 0 Å². The molecule has 2 aromatic rings. The number of ether oxygens (including phenoxy) is 2. The number of Topliss-reactive ketones (excluding diaryl/α,β-unsaturated/α-hetero) is 1. The predicted molar refractivity (Wildman–Crippen MR) is 113 cm³/mol. The second-order valence-corrected chi connectivity index (χ2v) is 7.97. The van der Waals surface area contributed by atoms with E-state index in [-0.39, 0.29) is 24.6 Å². The lowest BCUT2D eigenvalue weighted by Gasteiger charge is -2.29. The highest BCUT2D eigenvalue weighted by Gasteiger charge is 2.33. The molecular weight excluding hydrogens is 457 g/mol. The van der Waals surface area contributed by atoms with E-state index in [4.69, 9.17) is 9.47 Å². The van der Waals surface area contributed by atoms with Gasteiger partial charge in [0.15, 0.2) is 5.78 Å². The minimum Gasteiger partial charge on any atom is -0.444 e. The van der Waals surface area contributed by atoms with Gasteiger partial charge in [-0.05, 0) is 52.7 Å². The molecule has 7 nitrogen and oxygen atoms in total. The lowest BCUT2D eigenvalue weighted by molar-refractivity contribution is 0.0935. The van der Waals surface area contributed by atoms with E-state index < -0.39 is 12.2 Å². The number of rotatable bonds is 6. The van der Waals surface area contributed by atoms with Crippen LogP contribution in [-0.4, -0.2) is 55.8 Å². The van der Waals surface area contributed by atoms with Crippen LogP contribution >= 0.6 is 15.9 Å². The average Bonchev–Trinajstić information content (AvgIpc) is 3.13. The molecule has 1 aromatic heterocycles. The Morgan fingerprint density at radius 2 is 2.03 bits per heavy atom. The Morgan fingerprint density at radius 1 is 1.23 bits per heavy atom. The third-order valence-corrected chi connectivity index (χ3v) is 5.60. The van der Waals surface area contributed by atoms with Gasteiger partial charge in [0.2, 0.25) is 0 Å². The number of carbonyl (C=O) groups is 2. The molecule has 0 radical (unpaired) electrons. The van der Waals surface area contributed by atoms with Gasteiger partial charge in [0, 0.05) is 19.5 Å². The molecule has 2 aliphatic rings. The summed E-state index contributed by atoms with van der Waals surface area (Å²) in [6, 6.07) is 9.89. The van der Waals surface area contributed by atoms with Crippen LogP contribution in [0, 0.1) is 5.82 Å². The quantitative estimate of drug-likeness (QED) is 0.465. The first kappa shape index (κ1) is 20.7. The normalized spacial score (nSPS) is 19.1. The molecule has 1 amide bonds. The van der Waals surface area contributed by atoms with E-state index in [9.17, 15) is 14.0 Å². The van der Waals surface area contributed by atoms with Crippen molar-refractivity contribution in [2.45, 2.75) is 18.9 Å². The van der Waals surface area contributed by atoms with Gasteiger partial charge in [-0.25, -0.2) is 14.2 Å². The van der Waals surface area contributed by atoms with E-state index in [1.165, 1.54) is 11.0 Å². The van der Waals surface area contributed by atoms with Gasteiger partial charge in [-0.1, -0.05) is 6.07 Å². The van der Waals surface area contributed by atoms with Crippen LogP contribution in [0.15, 0.2) is 41.0 Å². The molecule has 2 saturated heterocycles. The fraction of sp³-hybridized carbons (Fsp3) is 0.381. The molecule has 1 aromatic carbocycles. The summed E-state index contributed by atoms with van der Waals surface area (Å²) in [5.41, 5.74) is 1.31. The molecule has 30 heavy (non-hydrogen) atoms. The van der Waals surface area contributed by atoms with E-state index in [2.05, 4.69) is 20.9 Å². The molecule has 2 aliphatic heterocycles. The lowest BCUT2D eigenvalue weighted by Crippen LogP contribution is -2.36. The number of benzene rings is 1. The molecule has 0 bridgehead atoms. The zero-order chi connectivity index (χ0) is 21.1. The molecule has 0 N–H and O–H groups in total. The van der Waals surface area contributed by atoms with Crippen molar-refractivity contribution < 1.29 is 23.5 Å². The van der Waals surface area contributed by atoms with Crippen molar-refractivity contribution in [3.8, 4) is 0 Å². The first-order valence-electron chi connectivity index (χ1n) is 9.77. The summed E-state index contributed by atoms with van der Waals surface area (Å²) in [5.74, 6) is -0.506. The van der Waals surface area contributed by atoms with Gasteiger partial charge in [0.1, 0.15) is 22.2 Å². The third-order valence-electron chi connectivity index (χ3n) is 5.16. The van der Waals surface area contributed by atoms with Crippen LogP contribution in [-0.2, 0) is 9.47 Å². The number of anilines is 2. The van der Waals surface area contributed by atoms with E-state index >= 15 is 0 Å². The fourth-order valence-electron chi connectivity index (χ4n) is 3.59. The molecule has 9 heteroatoms. The number of cyclic esters (lactones) is 1. The summed E-state index contributed by atoms with van der Waals surface area (Å²) in [5, 5.41) is 0. The van der Waals surface area contributed by atoms with Gasteiger partial charge >= 0.3 is 6.09 Å². The Morgan fingerprint density at radius 3 is 2.77 bits per heavy atom. The summed E-state index contributed by atoms with van der Waals surface area (Å²) in [6.45, 7) is 2.66. The third kappa shape index (κ3) is 4.62. The van der Waals surface area contributed by atoms with Gasteiger partial charge in [0.05, 0.1) is 31.1 Å². The first-order chi connectivity index (χ1) is 14.5. The molecule has 2 fully saturated rings. The highest BCUT2D eigenvalue weighted by Crippen LogP contribution is 2.29. The lowest BCUT2D eigenvalue weighted by atomic mass is 10.1. The van der Waals surface area contributed by atoms with Gasteiger partial charge < -0.3 is 14.4 Å². The molecule has 3 heterocycles. The largest absolute Gasteiger partial charge is 0.444 e. The standard InChI is InChI=1S/C21H21BrFN3O4/c22-20-3-1-2-17(24-20)19(27)7-5-15-13-26(21(28)30-15)14-4-6-18(16(23)12-14)25-8-10-29-11-9-25/h1-4,6,12,15H,5,7-11,13H2/t15-/m0/s1. The molecule has 4 rings (SSSR count). The predicted octanol–water partition coefficient (Wildman–Crippen LogP) is 3.81. The Labute approximate surface area is 181 Å². The Hall–Kier alpha value is -2.52. The summed E-state index contributed by atoms with van der Waals surface area (Å²) >= 11 is 3.25. The van der Waals surface area contributed by atoms with Crippen LogP contribution < -0.4 is 9.80 Å². The Bertz CT molecular complexity index is 952. The number of hydrogen-bond acceptors (Lipinski definition) is 6. The van der Waals surface area contributed by atoms with Gasteiger partial charge in [-0.2, -0.15) is 0 Å². The average molecular weight is 478 g/mol. The summed E-state index contributed by atoms with van der Waals surface area (Å²) in [4.78, 5) is 32.1. The van der Waals surface area contributed by atoms with Crippen molar-refractivity contribution in [3.05, 3.63) is 52.5 Å². The first-order valence-corrected chi connectivity index (χ1v) is 10.6. The minimum absolute atomic E-state index is 0.119. The smallest absolute Gasteiger partial charge is 0.414 e. The zero-order valence-electron chi connectivity index (χ0n) is 16.2. The van der Waals surface area contributed by atoms with Crippen LogP contribution in [0.25, 0.3) is 0 Å². The highest BCUT2D eigenvalue weighted by atomic mass is 79.9. The Balaban J connectivity index is 1.37. The van der Waals surface area contributed by atoms with Crippen LogP contribution in [0.2, 0.25) is 0 Å². The van der Waals surface area contributed by atoms with Crippen molar-refractivity contribution in [3.63, 3.8) is 0 Å². The number of nitrogens with zero attached hydrogens (tertiary/aromatic N) is 3. The number of halogens is 2. The fourth-order valence-corrected chi connectivity index (χ4v) is 3.93. The second kappa shape index (κ2) is 9.09. The topological polar surface area (TPSA) is 72.0 Å².